The number of pyridine rings is 1. The lowest BCUT2D eigenvalue weighted by Crippen LogP contribution is -2.49. The summed E-state index contributed by atoms with van der Waals surface area (Å²) in [6.45, 7) is 6.36. The average molecular weight is 221 g/mol. The van der Waals surface area contributed by atoms with Crippen LogP contribution in [0.2, 0.25) is 0 Å². The van der Waals surface area contributed by atoms with E-state index in [0.717, 1.165) is 24.6 Å². The van der Waals surface area contributed by atoms with Gasteiger partial charge in [0.05, 0.1) is 12.2 Å². The highest BCUT2D eigenvalue weighted by atomic mass is 16.5. The van der Waals surface area contributed by atoms with Gasteiger partial charge in [-0.15, -0.1) is 0 Å². The molecule has 2 atom stereocenters. The van der Waals surface area contributed by atoms with E-state index in [1.54, 1.807) is 0 Å². The van der Waals surface area contributed by atoms with Crippen LogP contribution in [0.4, 0.5) is 5.82 Å². The number of hydrogen-bond acceptors (Lipinski definition) is 4. The van der Waals surface area contributed by atoms with Gasteiger partial charge in [0.1, 0.15) is 5.82 Å². The molecule has 1 aliphatic heterocycles. The van der Waals surface area contributed by atoms with Crippen molar-refractivity contribution < 1.29 is 4.74 Å². The maximum Gasteiger partial charge on any atom is 0.128 e. The second-order valence-electron chi connectivity index (χ2n) is 4.35. The number of nitrogens with zero attached hydrogens (tertiary/aromatic N) is 2. The molecule has 2 N–H and O–H groups in total. The third kappa shape index (κ3) is 2.51. The number of aryl methyl sites for hydroxylation is 1. The summed E-state index contributed by atoms with van der Waals surface area (Å²) in [6, 6.07) is 6.08. The van der Waals surface area contributed by atoms with Crippen molar-refractivity contribution in [3.63, 3.8) is 0 Å². The van der Waals surface area contributed by atoms with Crippen LogP contribution < -0.4 is 10.6 Å². The fourth-order valence-corrected chi connectivity index (χ4v) is 2.07. The molecule has 2 heterocycles. The average Bonchev–Trinajstić information content (AvgIpc) is 2.28. The lowest BCUT2D eigenvalue weighted by molar-refractivity contribution is -0.0107. The third-order valence-corrected chi connectivity index (χ3v) is 2.79. The largest absolute Gasteiger partial charge is 0.370 e. The quantitative estimate of drug-likeness (QED) is 0.807. The summed E-state index contributed by atoms with van der Waals surface area (Å²) < 4.78 is 5.72. The van der Waals surface area contributed by atoms with Crippen molar-refractivity contribution in [2.45, 2.75) is 26.1 Å². The molecule has 1 aromatic heterocycles. The van der Waals surface area contributed by atoms with Gasteiger partial charge in [-0.3, -0.25) is 0 Å². The Morgan fingerprint density at radius 1 is 1.50 bits per heavy atom. The van der Waals surface area contributed by atoms with E-state index < -0.39 is 0 Å². The lowest BCUT2D eigenvalue weighted by atomic mass is 10.2. The van der Waals surface area contributed by atoms with Crippen LogP contribution in [0.5, 0.6) is 0 Å². The number of morpholine rings is 1. The molecule has 4 heteroatoms. The zero-order valence-electron chi connectivity index (χ0n) is 9.89. The first-order chi connectivity index (χ1) is 7.69. The van der Waals surface area contributed by atoms with Crippen LogP contribution >= 0.6 is 0 Å². The van der Waals surface area contributed by atoms with Crippen LogP contribution in [-0.4, -0.2) is 36.8 Å². The molecule has 0 aliphatic carbocycles. The van der Waals surface area contributed by atoms with Gasteiger partial charge < -0.3 is 15.4 Å². The van der Waals surface area contributed by atoms with E-state index in [-0.39, 0.29) is 12.2 Å². The molecule has 88 valence electrons. The molecule has 2 unspecified atom stereocenters. The van der Waals surface area contributed by atoms with E-state index in [9.17, 15) is 0 Å². The number of aromatic nitrogens is 1. The van der Waals surface area contributed by atoms with Crippen molar-refractivity contribution in [2.75, 3.05) is 24.5 Å². The molecule has 16 heavy (non-hydrogen) atoms. The van der Waals surface area contributed by atoms with Gasteiger partial charge in [-0.1, -0.05) is 6.07 Å². The van der Waals surface area contributed by atoms with Crippen LogP contribution in [0.3, 0.4) is 0 Å². The molecule has 1 aliphatic rings. The fourth-order valence-electron chi connectivity index (χ4n) is 2.07. The minimum Gasteiger partial charge on any atom is -0.370 e. The predicted octanol–water partition coefficient (Wildman–Crippen LogP) is 0.942. The molecule has 2 rings (SSSR count). The Labute approximate surface area is 96.4 Å². The summed E-state index contributed by atoms with van der Waals surface area (Å²) in [5, 5.41) is 0. The van der Waals surface area contributed by atoms with Gasteiger partial charge in [-0.25, -0.2) is 4.98 Å². The highest BCUT2D eigenvalue weighted by Gasteiger charge is 2.24. The van der Waals surface area contributed by atoms with E-state index in [4.69, 9.17) is 10.5 Å². The standard InChI is InChI=1S/C12H19N3O/c1-9-4-3-5-12(14-9)15-7-10(2)16-11(6-13)8-15/h3-5,10-11H,6-8,13H2,1-2H3. The molecule has 0 amide bonds. The monoisotopic (exact) mass is 221 g/mol. The van der Waals surface area contributed by atoms with Crippen LogP contribution in [0.1, 0.15) is 12.6 Å². The topological polar surface area (TPSA) is 51.4 Å². The van der Waals surface area contributed by atoms with E-state index in [1.807, 2.05) is 25.1 Å². The normalized spacial score (nSPS) is 25.8. The van der Waals surface area contributed by atoms with Crippen LogP contribution in [0.15, 0.2) is 18.2 Å². The Morgan fingerprint density at radius 2 is 2.31 bits per heavy atom. The van der Waals surface area contributed by atoms with Gasteiger partial charge >= 0.3 is 0 Å². The van der Waals surface area contributed by atoms with Gasteiger partial charge in [0.25, 0.3) is 0 Å². The van der Waals surface area contributed by atoms with Crippen LogP contribution in [0, 0.1) is 6.92 Å². The number of nitrogens with two attached hydrogens (primary N) is 1. The summed E-state index contributed by atoms with van der Waals surface area (Å²) >= 11 is 0. The van der Waals surface area contributed by atoms with Crippen molar-refractivity contribution >= 4 is 5.82 Å². The van der Waals surface area contributed by atoms with Crippen molar-refractivity contribution in [1.82, 2.24) is 4.98 Å². The van der Waals surface area contributed by atoms with Crippen molar-refractivity contribution in [3.8, 4) is 0 Å². The number of rotatable bonds is 2. The van der Waals surface area contributed by atoms with Crippen LogP contribution in [-0.2, 0) is 4.74 Å². The van der Waals surface area contributed by atoms with E-state index in [2.05, 4.69) is 16.8 Å². The maximum absolute atomic E-state index is 5.72. The first-order valence-corrected chi connectivity index (χ1v) is 5.73. The summed E-state index contributed by atoms with van der Waals surface area (Å²) in [7, 11) is 0. The zero-order valence-corrected chi connectivity index (χ0v) is 9.89. The molecule has 1 aromatic rings. The van der Waals surface area contributed by atoms with E-state index in [0.29, 0.717) is 6.54 Å². The molecule has 0 saturated carbocycles. The van der Waals surface area contributed by atoms with E-state index in [1.165, 1.54) is 0 Å². The second-order valence-corrected chi connectivity index (χ2v) is 4.35. The van der Waals surface area contributed by atoms with Gasteiger partial charge in [0.2, 0.25) is 0 Å². The molecule has 1 saturated heterocycles. The Kier molecular flexibility index (Phi) is 3.41. The molecule has 0 aromatic carbocycles. The second kappa shape index (κ2) is 4.80. The Morgan fingerprint density at radius 3 is 3.00 bits per heavy atom. The zero-order chi connectivity index (χ0) is 11.5. The van der Waals surface area contributed by atoms with Crippen molar-refractivity contribution in [2.24, 2.45) is 5.73 Å². The first kappa shape index (κ1) is 11.4. The number of anilines is 1. The van der Waals surface area contributed by atoms with Gasteiger partial charge in [0, 0.05) is 25.3 Å². The Hall–Kier alpha value is -1.13. The molecular weight excluding hydrogens is 202 g/mol. The minimum absolute atomic E-state index is 0.117. The Bertz CT molecular complexity index is 356. The molecule has 4 nitrogen and oxygen atoms in total. The van der Waals surface area contributed by atoms with Crippen molar-refractivity contribution in [1.29, 1.82) is 0 Å². The summed E-state index contributed by atoms with van der Waals surface area (Å²) in [5.74, 6) is 1.02. The summed E-state index contributed by atoms with van der Waals surface area (Å²) in [6.07, 6.45) is 0.329. The summed E-state index contributed by atoms with van der Waals surface area (Å²) in [5.41, 5.74) is 6.71. The lowest BCUT2D eigenvalue weighted by Gasteiger charge is -2.37. The molecule has 0 spiro atoms. The summed E-state index contributed by atoms with van der Waals surface area (Å²) in [4.78, 5) is 6.78. The number of hydrogen-bond donors (Lipinski definition) is 1. The molecule has 0 bridgehead atoms. The smallest absolute Gasteiger partial charge is 0.128 e. The Balaban J connectivity index is 2.14. The van der Waals surface area contributed by atoms with Gasteiger partial charge in [-0.05, 0) is 26.0 Å². The van der Waals surface area contributed by atoms with Gasteiger partial charge in [-0.2, -0.15) is 0 Å². The number of ether oxygens (including phenoxy) is 1. The first-order valence-electron chi connectivity index (χ1n) is 5.73. The van der Waals surface area contributed by atoms with Gasteiger partial charge in [0.15, 0.2) is 0 Å². The highest BCUT2D eigenvalue weighted by molar-refractivity contribution is 5.40. The molecule has 0 radical (unpaired) electrons. The third-order valence-electron chi connectivity index (χ3n) is 2.79. The highest BCUT2D eigenvalue weighted by Crippen LogP contribution is 2.18. The predicted molar refractivity (Wildman–Crippen MR) is 64.6 cm³/mol. The van der Waals surface area contributed by atoms with Crippen molar-refractivity contribution in [3.05, 3.63) is 23.9 Å². The van der Waals surface area contributed by atoms with E-state index >= 15 is 0 Å². The molecule has 1 fully saturated rings. The van der Waals surface area contributed by atoms with Crippen LogP contribution in [0.25, 0.3) is 0 Å². The fraction of sp³-hybridized carbons (Fsp3) is 0.583. The maximum atomic E-state index is 5.72. The molecular formula is C12H19N3O. The minimum atomic E-state index is 0.117. The SMILES string of the molecule is Cc1cccc(N2CC(C)OC(CN)C2)n1.